The van der Waals surface area contributed by atoms with Crippen molar-refractivity contribution in [2.75, 3.05) is 36.8 Å². The third-order valence-electron chi connectivity index (χ3n) is 4.71. The Kier molecular flexibility index (Phi) is 7.72. The molecule has 32 heavy (non-hydrogen) atoms. The molecule has 3 rings (SSSR count). The summed E-state index contributed by atoms with van der Waals surface area (Å²) in [4.78, 5) is 46.7. The summed E-state index contributed by atoms with van der Waals surface area (Å²) in [6.45, 7) is 6.72. The molecule has 2 heterocycles. The molecule has 1 aromatic carbocycles. The number of nitrogens with zero attached hydrogens (tertiary/aromatic N) is 3. The number of benzene rings is 1. The summed E-state index contributed by atoms with van der Waals surface area (Å²) in [6.07, 6.45) is -0.280. The van der Waals surface area contributed by atoms with E-state index in [0.29, 0.717) is 37.8 Å². The van der Waals surface area contributed by atoms with E-state index in [1.54, 1.807) is 6.07 Å². The number of hydrogen-bond donors (Lipinski definition) is 3. The summed E-state index contributed by atoms with van der Waals surface area (Å²) in [5.41, 5.74) is 0.760. The first-order valence-corrected chi connectivity index (χ1v) is 10.5. The van der Waals surface area contributed by atoms with Gasteiger partial charge >= 0.3 is 11.8 Å². The number of hydrogen-bond acceptors (Lipinski definition) is 7. The van der Waals surface area contributed by atoms with Crippen molar-refractivity contribution in [2.24, 2.45) is 0 Å². The lowest BCUT2D eigenvalue weighted by molar-refractivity contribution is -0.151. The van der Waals surface area contributed by atoms with Crippen molar-refractivity contribution in [3.63, 3.8) is 0 Å². The van der Waals surface area contributed by atoms with E-state index in [1.807, 2.05) is 44.2 Å². The second kappa shape index (κ2) is 10.7. The Balaban J connectivity index is 1.76. The molecule has 1 saturated heterocycles. The van der Waals surface area contributed by atoms with Crippen LogP contribution in [0.4, 0.5) is 11.6 Å². The van der Waals surface area contributed by atoms with Crippen molar-refractivity contribution >= 4 is 29.4 Å². The molecule has 3 N–H and O–H groups in total. The van der Waals surface area contributed by atoms with Crippen molar-refractivity contribution in [1.29, 1.82) is 0 Å². The Hall–Kier alpha value is -3.53. The largest absolute Gasteiger partial charge is 0.372 e. The molecule has 1 aromatic heterocycles. The number of carbonyl (C=O) groups is 3. The fourth-order valence-corrected chi connectivity index (χ4v) is 3.40. The number of nitrogens with one attached hydrogen (secondary N) is 3. The Morgan fingerprint density at radius 1 is 1.03 bits per heavy atom. The lowest BCUT2D eigenvalue weighted by Crippen LogP contribution is -2.51. The van der Waals surface area contributed by atoms with Gasteiger partial charge in [0.15, 0.2) is 5.82 Å². The first-order valence-electron chi connectivity index (χ1n) is 10.5. The van der Waals surface area contributed by atoms with Crippen molar-refractivity contribution < 1.29 is 19.1 Å². The van der Waals surface area contributed by atoms with E-state index in [1.165, 1.54) is 11.8 Å². The van der Waals surface area contributed by atoms with E-state index < -0.39 is 11.8 Å². The minimum absolute atomic E-state index is 0.127. The molecule has 2 aromatic rings. The Morgan fingerprint density at radius 2 is 1.69 bits per heavy atom. The second-order valence-corrected chi connectivity index (χ2v) is 7.66. The van der Waals surface area contributed by atoms with Crippen molar-refractivity contribution in [3.8, 4) is 11.4 Å². The average molecular weight is 441 g/mol. The maximum absolute atomic E-state index is 12.7. The number of ether oxygens (including phenoxy) is 1. The highest BCUT2D eigenvalue weighted by molar-refractivity contribution is 6.39. The van der Waals surface area contributed by atoms with Gasteiger partial charge in [-0.3, -0.25) is 14.4 Å². The lowest BCUT2D eigenvalue weighted by Gasteiger charge is -2.34. The van der Waals surface area contributed by atoms with E-state index in [-0.39, 0.29) is 23.9 Å². The van der Waals surface area contributed by atoms with Gasteiger partial charge in [0, 0.05) is 44.7 Å². The predicted octanol–water partition coefficient (Wildman–Crippen LogP) is 1.27. The Labute approximate surface area is 186 Å². The number of rotatable bonds is 6. The van der Waals surface area contributed by atoms with E-state index >= 15 is 0 Å². The molecule has 3 amide bonds. The molecular weight excluding hydrogens is 412 g/mol. The fourth-order valence-electron chi connectivity index (χ4n) is 3.40. The van der Waals surface area contributed by atoms with Gasteiger partial charge < -0.3 is 25.6 Å². The number of amides is 3. The van der Waals surface area contributed by atoms with Crippen LogP contribution < -0.4 is 16.0 Å². The molecule has 170 valence electrons. The molecule has 10 heteroatoms. The van der Waals surface area contributed by atoms with Crippen LogP contribution >= 0.6 is 0 Å². The van der Waals surface area contributed by atoms with Crippen molar-refractivity contribution in [2.45, 2.75) is 33.0 Å². The molecule has 0 bridgehead atoms. The molecule has 0 saturated carbocycles. The van der Waals surface area contributed by atoms with Crippen LogP contribution in [-0.2, 0) is 19.1 Å². The van der Waals surface area contributed by atoms with E-state index in [0.717, 1.165) is 5.56 Å². The molecule has 0 radical (unpaired) electrons. The van der Waals surface area contributed by atoms with Gasteiger partial charge in [-0.25, -0.2) is 9.97 Å². The van der Waals surface area contributed by atoms with Crippen LogP contribution in [0.3, 0.4) is 0 Å². The van der Waals surface area contributed by atoms with Crippen LogP contribution in [0.15, 0.2) is 36.4 Å². The molecule has 1 fully saturated rings. The van der Waals surface area contributed by atoms with Gasteiger partial charge in [0.05, 0.1) is 12.2 Å². The van der Waals surface area contributed by atoms with E-state index in [4.69, 9.17) is 4.74 Å². The van der Waals surface area contributed by atoms with Crippen LogP contribution in [0.5, 0.6) is 0 Å². The topological polar surface area (TPSA) is 126 Å². The summed E-state index contributed by atoms with van der Waals surface area (Å²) in [7, 11) is 0. The molecule has 2 unspecified atom stereocenters. The monoisotopic (exact) mass is 440 g/mol. The SMILES string of the molecule is CC(=O)NCCNc1cc(NC(=O)C(=O)N2CC(C)OC(C)C2)nc(-c2ccccc2)n1. The fraction of sp³-hybridized carbons (Fsp3) is 0.409. The quantitative estimate of drug-likeness (QED) is 0.456. The van der Waals surface area contributed by atoms with Crippen molar-refractivity contribution in [3.05, 3.63) is 36.4 Å². The molecular formula is C22H28N6O4. The van der Waals surface area contributed by atoms with Gasteiger partial charge in [0.2, 0.25) is 5.91 Å². The van der Waals surface area contributed by atoms with Crippen LogP contribution in [-0.4, -0.2) is 71.0 Å². The maximum Gasteiger partial charge on any atom is 0.315 e. The van der Waals surface area contributed by atoms with Crippen LogP contribution in [0.25, 0.3) is 11.4 Å². The summed E-state index contributed by atoms with van der Waals surface area (Å²) in [6, 6.07) is 10.9. The Morgan fingerprint density at radius 3 is 2.34 bits per heavy atom. The highest BCUT2D eigenvalue weighted by atomic mass is 16.5. The number of carbonyl (C=O) groups excluding carboxylic acids is 3. The van der Waals surface area contributed by atoms with Gasteiger partial charge in [0.25, 0.3) is 0 Å². The number of morpholine rings is 1. The van der Waals surface area contributed by atoms with E-state index in [9.17, 15) is 14.4 Å². The molecule has 0 spiro atoms. The zero-order chi connectivity index (χ0) is 23.1. The van der Waals surface area contributed by atoms with Gasteiger partial charge in [0.1, 0.15) is 11.6 Å². The summed E-state index contributed by atoms with van der Waals surface area (Å²) >= 11 is 0. The van der Waals surface area contributed by atoms with Crippen LogP contribution in [0.2, 0.25) is 0 Å². The van der Waals surface area contributed by atoms with Crippen LogP contribution in [0.1, 0.15) is 20.8 Å². The average Bonchev–Trinajstić information content (AvgIpc) is 2.76. The Bertz CT molecular complexity index is 958. The highest BCUT2D eigenvalue weighted by Gasteiger charge is 2.30. The number of aromatic nitrogens is 2. The molecule has 2 atom stereocenters. The summed E-state index contributed by atoms with van der Waals surface area (Å²) < 4.78 is 5.63. The van der Waals surface area contributed by atoms with Crippen LogP contribution in [0, 0.1) is 0 Å². The normalized spacial score (nSPS) is 18.0. The maximum atomic E-state index is 12.7. The summed E-state index contributed by atoms with van der Waals surface area (Å²) in [5.74, 6) is -0.474. The van der Waals surface area contributed by atoms with E-state index in [2.05, 4.69) is 25.9 Å². The zero-order valence-corrected chi connectivity index (χ0v) is 18.4. The first kappa shape index (κ1) is 23.1. The second-order valence-electron chi connectivity index (χ2n) is 7.66. The summed E-state index contributed by atoms with van der Waals surface area (Å²) in [5, 5.41) is 8.39. The smallest absolute Gasteiger partial charge is 0.315 e. The predicted molar refractivity (Wildman–Crippen MR) is 120 cm³/mol. The minimum Gasteiger partial charge on any atom is -0.372 e. The number of anilines is 2. The third kappa shape index (κ3) is 6.48. The third-order valence-corrected chi connectivity index (χ3v) is 4.71. The molecule has 0 aliphatic carbocycles. The highest BCUT2D eigenvalue weighted by Crippen LogP contribution is 2.20. The van der Waals surface area contributed by atoms with Gasteiger partial charge in [-0.1, -0.05) is 30.3 Å². The molecule has 1 aliphatic heterocycles. The molecule has 10 nitrogen and oxygen atoms in total. The zero-order valence-electron chi connectivity index (χ0n) is 18.4. The minimum atomic E-state index is -0.770. The van der Waals surface area contributed by atoms with Crippen molar-refractivity contribution in [1.82, 2.24) is 20.2 Å². The standard InChI is InChI=1S/C22H28N6O4/c1-14-12-28(13-15(2)32-14)22(31)21(30)27-19-11-18(24-10-9-23-16(3)29)25-20(26-19)17-7-5-4-6-8-17/h4-8,11,14-15H,9-10,12-13H2,1-3H3,(H,23,29)(H2,24,25,26,27,30). The molecule has 1 aliphatic rings. The lowest BCUT2D eigenvalue weighted by atomic mass is 10.2. The first-order chi connectivity index (χ1) is 15.3. The van der Waals surface area contributed by atoms with Gasteiger partial charge in [-0.2, -0.15) is 0 Å². The van der Waals surface area contributed by atoms with Gasteiger partial charge in [-0.15, -0.1) is 0 Å². The van der Waals surface area contributed by atoms with Gasteiger partial charge in [-0.05, 0) is 13.8 Å².